The van der Waals surface area contributed by atoms with Gasteiger partial charge in [-0.2, -0.15) is 0 Å². The number of pyridine rings is 1. The number of rotatable bonds is 13. The number of carbonyl (C=O) groups excluding carboxylic acids is 2. The lowest BCUT2D eigenvalue weighted by Gasteiger charge is -2.47. The highest BCUT2D eigenvalue weighted by atomic mass is 32.1. The van der Waals surface area contributed by atoms with E-state index in [1.54, 1.807) is 62.7 Å². The fourth-order valence-corrected chi connectivity index (χ4v) is 10.8. The summed E-state index contributed by atoms with van der Waals surface area (Å²) in [7, 11) is 6.66. The lowest BCUT2D eigenvalue weighted by atomic mass is 9.79. The van der Waals surface area contributed by atoms with E-state index in [0.29, 0.717) is 37.8 Å². The van der Waals surface area contributed by atoms with Crippen LogP contribution in [-0.4, -0.2) is 171 Å². The predicted molar refractivity (Wildman–Crippen MR) is 263 cm³/mol. The summed E-state index contributed by atoms with van der Waals surface area (Å²) in [6.45, 7) is 9.98. The minimum absolute atomic E-state index is 0.0573. The van der Waals surface area contributed by atoms with Gasteiger partial charge in [0.15, 0.2) is 12.1 Å². The Morgan fingerprint density at radius 2 is 1.74 bits per heavy atom. The first kappa shape index (κ1) is 55.8. The van der Waals surface area contributed by atoms with E-state index < -0.39 is 97.1 Å². The van der Waals surface area contributed by atoms with Gasteiger partial charge in [-0.3, -0.25) is 14.6 Å². The van der Waals surface area contributed by atoms with Gasteiger partial charge >= 0.3 is 5.97 Å². The number of cyclic esters (lactones) is 1. The molecule has 1 aliphatic carbocycles. The average Bonchev–Trinajstić information content (AvgIpc) is 3.88. The van der Waals surface area contributed by atoms with Gasteiger partial charge in [0.2, 0.25) is 0 Å². The van der Waals surface area contributed by atoms with E-state index in [1.807, 2.05) is 63.4 Å². The fourth-order valence-electron chi connectivity index (χ4n) is 10.1. The molecule has 2 saturated heterocycles. The van der Waals surface area contributed by atoms with E-state index in [0.717, 1.165) is 21.7 Å². The van der Waals surface area contributed by atoms with Crippen molar-refractivity contribution < 1.29 is 67.6 Å². The molecule has 3 aliphatic heterocycles. The molecule has 5 heterocycles. The zero-order valence-corrected chi connectivity index (χ0v) is 43.1. The minimum atomic E-state index is -1.25. The number of aliphatic hydroxyl groups excluding tert-OH is 3. The van der Waals surface area contributed by atoms with Crippen LogP contribution in [-0.2, 0) is 58.9 Å². The minimum Gasteiger partial charge on any atom is -0.462 e. The molecule has 1 saturated carbocycles. The lowest BCUT2D eigenvalue weighted by Crippen LogP contribution is -2.63. The van der Waals surface area contributed by atoms with Gasteiger partial charge in [0, 0.05) is 50.3 Å². The quantitative estimate of drug-likeness (QED) is 0.167. The van der Waals surface area contributed by atoms with Gasteiger partial charge in [0.25, 0.3) is 0 Å². The number of esters is 1. The predicted octanol–water partition coefficient (Wildman–Crippen LogP) is 5.53. The van der Waals surface area contributed by atoms with Gasteiger partial charge in [-0.1, -0.05) is 55.8 Å². The van der Waals surface area contributed by atoms with Crippen molar-refractivity contribution in [2.24, 2.45) is 28.8 Å². The highest BCUT2D eigenvalue weighted by Crippen LogP contribution is 2.36. The molecule has 2 bridgehead atoms. The normalized spacial score (nSPS) is 37.3. The Kier molecular flexibility index (Phi) is 21.5. The molecule has 0 radical (unpaired) electrons. The van der Waals surface area contributed by atoms with Crippen molar-refractivity contribution in [3.8, 4) is 10.6 Å². The van der Waals surface area contributed by atoms with Gasteiger partial charge in [0.1, 0.15) is 36.7 Å². The second-order valence-corrected chi connectivity index (χ2v) is 20.5. The number of hydrogen-bond donors (Lipinski definition) is 3. The average molecular weight is 1000 g/mol. The molecule has 2 aromatic heterocycles. The molecule has 390 valence electrons. The number of carbonyl (C=O) groups is 2. The summed E-state index contributed by atoms with van der Waals surface area (Å²) in [4.78, 5) is 41.8. The summed E-state index contributed by atoms with van der Waals surface area (Å²) in [5.74, 6) is -2.41. The van der Waals surface area contributed by atoms with Crippen molar-refractivity contribution >= 4 is 28.8 Å². The van der Waals surface area contributed by atoms with Gasteiger partial charge in [-0.05, 0) is 89.6 Å². The van der Waals surface area contributed by atoms with E-state index in [-0.39, 0.29) is 51.2 Å². The van der Waals surface area contributed by atoms with Crippen molar-refractivity contribution in [2.45, 2.75) is 153 Å². The van der Waals surface area contributed by atoms with Crippen LogP contribution < -0.4 is 0 Å². The van der Waals surface area contributed by atoms with Crippen molar-refractivity contribution in [3.63, 3.8) is 0 Å². The number of oxime groups is 1. The number of ether oxygens (including phenoxy) is 8. The van der Waals surface area contributed by atoms with E-state index in [2.05, 4.69) is 10.1 Å². The first-order valence-corrected chi connectivity index (χ1v) is 25.6. The Morgan fingerprint density at radius 1 is 0.957 bits per heavy atom. The Bertz CT molecular complexity index is 2020. The second-order valence-electron chi connectivity index (χ2n) is 19.5. The van der Waals surface area contributed by atoms with Crippen LogP contribution in [0.25, 0.3) is 10.6 Å². The number of ketones is 1. The van der Waals surface area contributed by atoms with E-state index in [4.69, 9.17) is 42.7 Å². The maximum absolute atomic E-state index is 14.5. The lowest BCUT2D eigenvalue weighted by molar-refractivity contribution is -0.305. The molecular formula is C52H77N3O14S. The van der Waals surface area contributed by atoms with Crippen LogP contribution in [0.5, 0.6) is 0 Å². The van der Waals surface area contributed by atoms with Crippen molar-refractivity contribution in [1.29, 1.82) is 0 Å². The topological polar surface area (TPSA) is 206 Å². The number of likely N-dealkylation sites (N-methyl/N-ethyl adjacent to an activating group) is 1. The Hall–Kier alpha value is -3.50. The number of methoxy groups -OCH3 is 2. The molecule has 70 heavy (non-hydrogen) atoms. The van der Waals surface area contributed by atoms with Crippen molar-refractivity contribution in [2.75, 3.05) is 54.7 Å². The third kappa shape index (κ3) is 14.8. The molecule has 3 N–H and O–H groups in total. The zero-order chi connectivity index (χ0) is 50.5. The second kappa shape index (κ2) is 27.0. The first-order valence-electron chi connectivity index (χ1n) is 24.8. The number of fused-ring (bicyclic) bond motifs is 3. The molecule has 0 amide bonds. The van der Waals surface area contributed by atoms with Crippen LogP contribution in [0.1, 0.15) is 78.7 Å². The van der Waals surface area contributed by atoms with Gasteiger partial charge in [-0.15, -0.1) is 11.3 Å². The number of nitrogens with zero attached hydrogens (tertiary/aromatic N) is 3. The third-order valence-electron chi connectivity index (χ3n) is 14.2. The standard InChI is InChI=1S/C52H77N3O14S/c1-10-41-36(27-64-42-18-17-40(57)50(61-8)51(42)62-9)22-30(2)13-16-39(56)31(3)23-35-19-20-63-28-37(54-66-26-34-14-15-38(53-25-34)44-12-11-21-70-44)29-65-43(24-45(58)68-41)32(4)49(35)69-52-48(60)46(55(6)7)47(59)33(5)67-52/h11-16,21-22,25,31-33,35-36,40-43,46-52,57,59-60H,10,17-20,23-24,26-29H2,1-9H3/b16-13+,30-22+,54-37+/t31-,32+,33-,35?,36-,40-,41-,42-,43-,46+,47-,48-,49-,50-,51+,52+/m1/s1. The summed E-state index contributed by atoms with van der Waals surface area (Å²) < 4.78 is 50.4. The third-order valence-corrected chi connectivity index (χ3v) is 15.1. The molecule has 6 rings (SSSR count). The van der Waals surface area contributed by atoms with E-state index >= 15 is 0 Å². The first-order chi connectivity index (χ1) is 33.6. The maximum atomic E-state index is 14.5. The Morgan fingerprint density at radius 3 is 2.43 bits per heavy atom. The van der Waals surface area contributed by atoms with Crippen LogP contribution in [0.4, 0.5) is 0 Å². The SMILES string of the molecule is CC[C@H]1OC(=O)C[C@H]2OC/C(=N/OCc3ccc(-c4cccs4)nc3)COCCC(C[C@@H](C)C(=O)/C=C/C(C)=C/[C@@H]1CO[C@@H]1CC[C@@H](O)[C@@H](OC)[C@H]1OC)[C@H](O[C@@H]1O[C@H](C)[C@@H](O)[C@H](N(C)C)[C@H]1O)[C@H]2C. The molecule has 0 aromatic carbocycles. The maximum Gasteiger partial charge on any atom is 0.308 e. The van der Waals surface area contributed by atoms with Crippen molar-refractivity contribution in [1.82, 2.24) is 9.88 Å². The van der Waals surface area contributed by atoms with Crippen LogP contribution in [0.15, 0.2) is 64.8 Å². The number of hydrogen-bond acceptors (Lipinski definition) is 18. The highest BCUT2D eigenvalue weighted by Gasteiger charge is 2.48. The number of aromatic nitrogens is 1. The molecule has 17 nitrogen and oxygen atoms in total. The monoisotopic (exact) mass is 1000 g/mol. The highest BCUT2D eigenvalue weighted by molar-refractivity contribution is 7.13. The number of allylic oxidation sites excluding steroid dienone is 3. The Balaban J connectivity index is 1.31. The summed E-state index contributed by atoms with van der Waals surface area (Å²) in [5.41, 5.74) is 2.93. The largest absolute Gasteiger partial charge is 0.462 e. The molecule has 4 aliphatic rings. The molecule has 2 aromatic rings. The zero-order valence-electron chi connectivity index (χ0n) is 42.3. The van der Waals surface area contributed by atoms with Crippen LogP contribution in [0, 0.1) is 23.7 Å². The van der Waals surface area contributed by atoms with Crippen LogP contribution >= 0.6 is 11.3 Å². The fraction of sp³-hybridized carbons (Fsp3) is 0.692. The molecule has 0 spiro atoms. The smallest absolute Gasteiger partial charge is 0.308 e. The summed E-state index contributed by atoms with van der Waals surface area (Å²) in [6.07, 6.45) is 0.682. The van der Waals surface area contributed by atoms with Gasteiger partial charge in [-0.25, -0.2) is 0 Å². The van der Waals surface area contributed by atoms with Crippen LogP contribution in [0.3, 0.4) is 0 Å². The molecule has 1 unspecified atom stereocenters. The van der Waals surface area contributed by atoms with E-state index in [9.17, 15) is 24.9 Å². The molecule has 18 heteroatoms. The number of aliphatic hydroxyl groups is 3. The molecule has 3 fully saturated rings. The van der Waals surface area contributed by atoms with E-state index in [1.165, 1.54) is 7.11 Å². The summed E-state index contributed by atoms with van der Waals surface area (Å²) in [6, 6.07) is 7.19. The van der Waals surface area contributed by atoms with Gasteiger partial charge < -0.3 is 63.0 Å². The van der Waals surface area contributed by atoms with Crippen LogP contribution in [0.2, 0.25) is 0 Å². The summed E-state index contributed by atoms with van der Waals surface area (Å²) >= 11 is 1.61. The molecular weight excluding hydrogens is 923 g/mol. The van der Waals surface area contributed by atoms with Gasteiger partial charge in [0.05, 0.1) is 79.5 Å². The number of thiophene rings is 1. The molecule has 16 atom stereocenters. The van der Waals surface area contributed by atoms with Crippen molar-refractivity contribution in [3.05, 3.63) is 65.2 Å². The summed E-state index contributed by atoms with van der Waals surface area (Å²) in [5, 5.41) is 40.0. The Labute approximate surface area is 417 Å².